The molecule has 0 saturated carbocycles. The molecule has 4 heteroatoms. The quantitative estimate of drug-likeness (QED) is 0.664. The summed E-state index contributed by atoms with van der Waals surface area (Å²) in [6.45, 7) is 4.12. The SMILES string of the molecule is Cc1cccc(C)c1C(Cc1ccc(F)c(Cl)c1)NN. The second-order valence-corrected chi connectivity index (χ2v) is 5.38. The highest BCUT2D eigenvalue weighted by molar-refractivity contribution is 6.30. The minimum Gasteiger partial charge on any atom is -0.271 e. The number of benzene rings is 2. The Morgan fingerprint density at radius 2 is 1.85 bits per heavy atom. The summed E-state index contributed by atoms with van der Waals surface area (Å²) in [5.74, 6) is 5.30. The average molecular weight is 293 g/mol. The van der Waals surface area contributed by atoms with Crippen molar-refractivity contribution < 1.29 is 4.39 Å². The van der Waals surface area contributed by atoms with Gasteiger partial charge in [0, 0.05) is 0 Å². The summed E-state index contributed by atoms with van der Waals surface area (Å²) in [7, 11) is 0. The predicted octanol–water partition coefficient (Wildman–Crippen LogP) is 3.84. The van der Waals surface area contributed by atoms with E-state index in [0.29, 0.717) is 6.42 Å². The largest absolute Gasteiger partial charge is 0.271 e. The van der Waals surface area contributed by atoms with E-state index in [4.69, 9.17) is 17.4 Å². The number of rotatable bonds is 4. The van der Waals surface area contributed by atoms with E-state index in [9.17, 15) is 4.39 Å². The van der Waals surface area contributed by atoms with Gasteiger partial charge in [-0.15, -0.1) is 0 Å². The van der Waals surface area contributed by atoms with E-state index in [-0.39, 0.29) is 11.1 Å². The Labute approximate surface area is 123 Å². The number of nitrogens with one attached hydrogen (secondary N) is 1. The van der Waals surface area contributed by atoms with Crippen LogP contribution in [0.1, 0.15) is 28.3 Å². The van der Waals surface area contributed by atoms with Crippen LogP contribution in [0.2, 0.25) is 5.02 Å². The highest BCUT2D eigenvalue weighted by atomic mass is 35.5. The Kier molecular flexibility index (Phi) is 4.76. The minimum absolute atomic E-state index is 0.0299. The summed E-state index contributed by atoms with van der Waals surface area (Å²) in [6.07, 6.45) is 0.655. The summed E-state index contributed by atoms with van der Waals surface area (Å²) >= 11 is 5.82. The van der Waals surface area contributed by atoms with Crippen molar-refractivity contribution in [3.63, 3.8) is 0 Å². The van der Waals surface area contributed by atoms with Gasteiger partial charge < -0.3 is 0 Å². The fraction of sp³-hybridized carbons (Fsp3) is 0.250. The van der Waals surface area contributed by atoms with E-state index in [0.717, 1.165) is 5.56 Å². The van der Waals surface area contributed by atoms with Crippen molar-refractivity contribution in [1.82, 2.24) is 5.43 Å². The van der Waals surface area contributed by atoms with Gasteiger partial charge in [-0.1, -0.05) is 35.9 Å². The van der Waals surface area contributed by atoms with Crippen LogP contribution in [-0.4, -0.2) is 0 Å². The first-order valence-electron chi connectivity index (χ1n) is 6.49. The molecule has 0 spiro atoms. The van der Waals surface area contributed by atoms with Crippen molar-refractivity contribution in [3.05, 3.63) is 69.5 Å². The van der Waals surface area contributed by atoms with E-state index in [1.165, 1.54) is 22.8 Å². The van der Waals surface area contributed by atoms with Gasteiger partial charge in [0.2, 0.25) is 0 Å². The molecule has 2 aromatic carbocycles. The van der Waals surface area contributed by atoms with Crippen LogP contribution < -0.4 is 11.3 Å². The zero-order valence-electron chi connectivity index (χ0n) is 11.6. The van der Waals surface area contributed by atoms with Crippen LogP contribution in [0.4, 0.5) is 4.39 Å². The van der Waals surface area contributed by atoms with Crippen molar-refractivity contribution in [2.75, 3.05) is 0 Å². The lowest BCUT2D eigenvalue weighted by atomic mass is 9.92. The van der Waals surface area contributed by atoms with Gasteiger partial charge >= 0.3 is 0 Å². The van der Waals surface area contributed by atoms with Gasteiger partial charge in [0.1, 0.15) is 5.82 Å². The molecule has 0 fully saturated rings. The minimum atomic E-state index is -0.403. The molecular weight excluding hydrogens is 275 g/mol. The number of nitrogens with two attached hydrogens (primary N) is 1. The zero-order valence-corrected chi connectivity index (χ0v) is 12.3. The number of aryl methyl sites for hydroxylation is 2. The molecule has 0 saturated heterocycles. The summed E-state index contributed by atoms with van der Waals surface area (Å²) < 4.78 is 13.2. The normalized spacial score (nSPS) is 12.4. The maximum atomic E-state index is 13.2. The van der Waals surface area contributed by atoms with Crippen molar-refractivity contribution in [1.29, 1.82) is 0 Å². The Hall–Kier alpha value is -1.42. The summed E-state index contributed by atoms with van der Waals surface area (Å²) in [5.41, 5.74) is 7.33. The lowest BCUT2D eigenvalue weighted by Crippen LogP contribution is -2.30. The molecule has 0 bridgehead atoms. The zero-order chi connectivity index (χ0) is 14.7. The van der Waals surface area contributed by atoms with Crippen LogP contribution in [0.3, 0.4) is 0 Å². The van der Waals surface area contributed by atoms with Gasteiger partial charge in [0.15, 0.2) is 0 Å². The lowest BCUT2D eigenvalue weighted by molar-refractivity contribution is 0.545. The molecule has 0 aromatic heterocycles. The van der Waals surface area contributed by atoms with Crippen molar-refractivity contribution in [2.45, 2.75) is 26.3 Å². The Balaban J connectivity index is 2.31. The average Bonchev–Trinajstić information content (AvgIpc) is 2.41. The van der Waals surface area contributed by atoms with Gasteiger partial charge in [0.05, 0.1) is 11.1 Å². The molecule has 2 nitrogen and oxygen atoms in total. The third-order valence-electron chi connectivity index (χ3n) is 3.52. The second kappa shape index (κ2) is 6.35. The molecule has 1 unspecified atom stereocenters. The number of hydrazine groups is 1. The van der Waals surface area contributed by atoms with Gasteiger partial charge in [0.25, 0.3) is 0 Å². The molecule has 20 heavy (non-hydrogen) atoms. The monoisotopic (exact) mass is 292 g/mol. The van der Waals surface area contributed by atoms with Crippen molar-refractivity contribution in [3.8, 4) is 0 Å². The van der Waals surface area contributed by atoms with E-state index >= 15 is 0 Å². The van der Waals surface area contributed by atoms with E-state index in [2.05, 4.69) is 31.4 Å². The summed E-state index contributed by atoms with van der Waals surface area (Å²) in [6, 6.07) is 10.9. The highest BCUT2D eigenvalue weighted by Gasteiger charge is 2.15. The predicted molar refractivity (Wildman–Crippen MR) is 81.1 cm³/mol. The first-order chi connectivity index (χ1) is 9.52. The van der Waals surface area contributed by atoms with Gasteiger partial charge in [-0.05, 0) is 54.7 Å². The Bertz CT molecular complexity index is 593. The molecule has 0 heterocycles. The third-order valence-corrected chi connectivity index (χ3v) is 3.81. The molecule has 0 radical (unpaired) electrons. The van der Waals surface area contributed by atoms with Gasteiger partial charge in [-0.2, -0.15) is 0 Å². The Morgan fingerprint density at radius 1 is 1.20 bits per heavy atom. The number of hydrogen-bond donors (Lipinski definition) is 2. The molecule has 2 rings (SSSR count). The van der Waals surface area contributed by atoms with Crippen molar-refractivity contribution >= 4 is 11.6 Å². The van der Waals surface area contributed by atoms with Crippen molar-refractivity contribution in [2.24, 2.45) is 5.84 Å². The number of hydrogen-bond acceptors (Lipinski definition) is 2. The smallest absolute Gasteiger partial charge is 0.141 e. The van der Waals surface area contributed by atoms with E-state index < -0.39 is 5.82 Å². The summed E-state index contributed by atoms with van der Waals surface area (Å²) in [4.78, 5) is 0. The summed E-state index contributed by atoms with van der Waals surface area (Å²) in [5, 5.41) is 0.139. The molecule has 3 N–H and O–H groups in total. The van der Waals surface area contributed by atoms with Crippen LogP contribution in [-0.2, 0) is 6.42 Å². The van der Waals surface area contributed by atoms with Crippen LogP contribution >= 0.6 is 11.6 Å². The molecule has 106 valence electrons. The molecule has 0 aliphatic rings. The van der Waals surface area contributed by atoms with Crippen LogP contribution in [0, 0.1) is 19.7 Å². The van der Waals surface area contributed by atoms with Gasteiger partial charge in [-0.3, -0.25) is 11.3 Å². The fourth-order valence-electron chi connectivity index (χ4n) is 2.52. The first kappa shape index (κ1) is 15.0. The molecule has 2 aromatic rings. The van der Waals surface area contributed by atoms with Crippen LogP contribution in [0.25, 0.3) is 0 Å². The topological polar surface area (TPSA) is 38.0 Å². The molecule has 0 amide bonds. The third kappa shape index (κ3) is 3.18. The fourth-order valence-corrected chi connectivity index (χ4v) is 2.73. The molecule has 0 aliphatic carbocycles. The van der Waals surface area contributed by atoms with Crippen LogP contribution in [0.15, 0.2) is 36.4 Å². The first-order valence-corrected chi connectivity index (χ1v) is 6.87. The maximum absolute atomic E-state index is 13.2. The second-order valence-electron chi connectivity index (χ2n) is 4.98. The van der Waals surface area contributed by atoms with E-state index in [1.54, 1.807) is 12.1 Å². The highest BCUT2D eigenvalue weighted by Crippen LogP contribution is 2.26. The number of halogens is 2. The lowest BCUT2D eigenvalue weighted by Gasteiger charge is -2.21. The molecule has 1 atom stereocenters. The molecule has 0 aliphatic heterocycles. The standard InChI is InChI=1S/C16H18ClFN2/c1-10-4-3-5-11(2)16(10)15(20-19)9-12-6-7-14(18)13(17)8-12/h3-8,15,20H,9,19H2,1-2H3. The van der Waals surface area contributed by atoms with Crippen LogP contribution in [0.5, 0.6) is 0 Å². The van der Waals surface area contributed by atoms with Gasteiger partial charge in [-0.25, -0.2) is 4.39 Å². The van der Waals surface area contributed by atoms with E-state index in [1.807, 2.05) is 6.07 Å². The maximum Gasteiger partial charge on any atom is 0.141 e. The molecular formula is C16H18ClFN2. The Morgan fingerprint density at radius 3 is 2.40 bits per heavy atom.